The van der Waals surface area contributed by atoms with E-state index in [4.69, 9.17) is 4.74 Å². The summed E-state index contributed by atoms with van der Waals surface area (Å²) in [6.07, 6.45) is 3.99. The van der Waals surface area contributed by atoms with Gasteiger partial charge in [-0.2, -0.15) is 0 Å². The molecule has 2 aromatic heterocycles. The Morgan fingerprint density at radius 3 is 2.78 bits per heavy atom. The Labute approximate surface area is 149 Å². The lowest BCUT2D eigenvalue weighted by Crippen LogP contribution is -2.35. The maximum atomic E-state index is 5.42. The van der Waals surface area contributed by atoms with E-state index in [-0.39, 0.29) is 0 Å². The number of ether oxygens (including phenoxy) is 1. The van der Waals surface area contributed by atoms with Gasteiger partial charge in [-0.25, -0.2) is 4.98 Å². The summed E-state index contributed by atoms with van der Waals surface area (Å²) in [5.74, 6) is 0. The molecule has 1 aliphatic heterocycles. The molecule has 0 aliphatic carbocycles. The number of morpholine rings is 1. The van der Waals surface area contributed by atoms with Crippen LogP contribution in [-0.2, 0) is 11.3 Å². The van der Waals surface area contributed by atoms with Gasteiger partial charge in [0, 0.05) is 25.8 Å². The van der Waals surface area contributed by atoms with E-state index in [0.29, 0.717) is 0 Å². The largest absolute Gasteiger partial charge is 0.379 e. The number of hydrogen-bond donors (Lipinski definition) is 0. The van der Waals surface area contributed by atoms with Crippen molar-refractivity contribution in [2.75, 3.05) is 26.3 Å². The summed E-state index contributed by atoms with van der Waals surface area (Å²) >= 11 is 2.30. The summed E-state index contributed by atoms with van der Waals surface area (Å²) < 4.78 is 8.65. The van der Waals surface area contributed by atoms with Crippen molar-refractivity contribution < 1.29 is 4.74 Å². The topological polar surface area (TPSA) is 29.8 Å². The molecule has 23 heavy (non-hydrogen) atoms. The van der Waals surface area contributed by atoms with E-state index in [1.807, 2.05) is 6.20 Å². The second-order valence-electron chi connectivity index (χ2n) is 5.81. The molecule has 0 bridgehead atoms. The lowest BCUT2D eigenvalue weighted by atomic mass is 10.0. The van der Waals surface area contributed by atoms with Gasteiger partial charge in [-0.15, -0.1) is 0 Å². The van der Waals surface area contributed by atoms with Gasteiger partial charge in [-0.3, -0.25) is 9.30 Å². The number of benzene rings is 1. The van der Waals surface area contributed by atoms with E-state index in [9.17, 15) is 0 Å². The molecule has 0 radical (unpaired) electrons. The molecule has 0 unspecified atom stereocenters. The standard InChI is InChI=1S/C18H18IN3O/c19-17-12-20-18-11-16(4-5-22(17)18)15-3-1-2-14(10-15)13-21-6-8-23-9-7-21/h1-5,10-12H,6-9,13H2. The van der Waals surface area contributed by atoms with E-state index >= 15 is 0 Å². The van der Waals surface area contributed by atoms with Gasteiger partial charge in [0.25, 0.3) is 0 Å². The fraction of sp³-hybridized carbons (Fsp3) is 0.278. The first-order valence-corrected chi connectivity index (χ1v) is 8.89. The molecule has 118 valence electrons. The second-order valence-corrected chi connectivity index (χ2v) is 6.92. The number of hydrogen-bond acceptors (Lipinski definition) is 3. The summed E-state index contributed by atoms with van der Waals surface area (Å²) in [6, 6.07) is 13.1. The number of fused-ring (bicyclic) bond motifs is 1. The van der Waals surface area contributed by atoms with Crippen LogP contribution < -0.4 is 0 Å². The summed E-state index contributed by atoms with van der Waals surface area (Å²) in [4.78, 5) is 6.90. The van der Waals surface area contributed by atoms with Gasteiger partial charge in [0.15, 0.2) is 0 Å². The number of aromatic nitrogens is 2. The van der Waals surface area contributed by atoms with Gasteiger partial charge in [0.2, 0.25) is 0 Å². The average Bonchev–Trinajstić information content (AvgIpc) is 2.97. The molecule has 3 aromatic rings. The highest BCUT2D eigenvalue weighted by atomic mass is 127. The normalized spacial score (nSPS) is 16.0. The van der Waals surface area contributed by atoms with Gasteiger partial charge in [-0.1, -0.05) is 18.2 Å². The molecule has 0 amide bonds. The van der Waals surface area contributed by atoms with Crippen molar-refractivity contribution in [1.82, 2.24) is 14.3 Å². The Bertz CT molecular complexity index is 824. The molecule has 4 nitrogen and oxygen atoms in total. The van der Waals surface area contributed by atoms with E-state index in [1.54, 1.807) is 0 Å². The minimum Gasteiger partial charge on any atom is -0.379 e. The summed E-state index contributed by atoms with van der Waals surface area (Å²) in [5, 5.41) is 0. The molecular formula is C18H18IN3O. The quantitative estimate of drug-likeness (QED) is 0.610. The minimum atomic E-state index is 0.842. The van der Waals surface area contributed by atoms with E-state index < -0.39 is 0 Å². The highest BCUT2D eigenvalue weighted by molar-refractivity contribution is 14.1. The van der Waals surface area contributed by atoms with Gasteiger partial charge in [-0.05, 0) is 57.5 Å². The van der Waals surface area contributed by atoms with E-state index in [0.717, 1.165) is 42.2 Å². The predicted octanol–water partition coefficient (Wildman–Crippen LogP) is 3.44. The molecule has 1 aliphatic rings. The second kappa shape index (κ2) is 6.59. The lowest BCUT2D eigenvalue weighted by Gasteiger charge is -2.26. The number of pyridine rings is 1. The monoisotopic (exact) mass is 419 g/mol. The van der Waals surface area contributed by atoms with Crippen molar-refractivity contribution in [1.29, 1.82) is 0 Å². The third-order valence-corrected chi connectivity index (χ3v) is 5.04. The van der Waals surface area contributed by atoms with Crippen molar-refractivity contribution >= 4 is 28.2 Å². The van der Waals surface area contributed by atoms with Gasteiger partial charge in [0.05, 0.1) is 19.4 Å². The summed E-state index contributed by atoms with van der Waals surface area (Å²) in [6.45, 7) is 4.70. The first-order chi connectivity index (χ1) is 11.3. The van der Waals surface area contributed by atoms with Crippen molar-refractivity contribution in [3.63, 3.8) is 0 Å². The third-order valence-electron chi connectivity index (χ3n) is 4.24. The van der Waals surface area contributed by atoms with Crippen LogP contribution in [0.25, 0.3) is 16.8 Å². The minimum absolute atomic E-state index is 0.842. The van der Waals surface area contributed by atoms with Crippen LogP contribution in [0.2, 0.25) is 0 Å². The van der Waals surface area contributed by atoms with Crippen molar-refractivity contribution in [2.24, 2.45) is 0 Å². The first-order valence-electron chi connectivity index (χ1n) is 7.82. The Hall–Kier alpha value is -1.44. The van der Waals surface area contributed by atoms with E-state index in [2.05, 4.69) is 79.5 Å². The maximum Gasteiger partial charge on any atom is 0.138 e. The van der Waals surface area contributed by atoms with E-state index in [1.165, 1.54) is 16.7 Å². The molecular weight excluding hydrogens is 401 g/mol. The summed E-state index contributed by atoms with van der Waals surface area (Å²) in [5.41, 5.74) is 4.80. The summed E-state index contributed by atoms with van der Waals surface area (Å²) in [7, 11) is 0. The SMILES string of the molecule is Ic1cnc2cc(-c3cccc(CN4CCOCC4)c3)ccn12. The van der Waals surface area contributed by atoms with Crippen LogP contribution in [0.3, 0.4) is 0 Å². The molecule has 5 heteroatoms. The van der Waals surface area contributed by atoms with Crippen LogP contribution in [-0.4, -0.2) is 40.6 Å². The molecule has 0 atom stereocenters. The Balaban J connectivity index is 1.61. The Morgan fingerprint density at radius 2 is 1.91 bits per heavy atom. The molecule has 0 spiro atoms. The average molecular weight is 419 g/mol. The van der Waals surface area contributed by atoms with Crippen molar-refractivity contribution in [2.45, 2.75) is 6.54 Å². The van der Waals surface area contributed by atoms with Crippen molar-refractivity contribution in [3.05, 3.63) is 58.1 Å². The Morgan fingerprint density at radius 1 is 1.09 bits per heavy atom. The van der Waals surface area contributed by atoms with Crippen LogP contribution >= 0.6 is 22.6 Å². The zero-order valence-electron chi connectivity index (χ0n) is 12.8. The number of nitrogens with zero attached hydrogens (tertiary/aromatic N) is 3. The van der Waals surface area contributed by atoms with Crippen LogP contribution in [0.4, 0.5) is 0 Å². The highest BCUT2D eigenvalue weighted by Crippen LogP contribution is 2.23. The first kappa shape index (κ1) is 15.1. The Kier molecular flexibility index (Phi) is 4.33. The number of rotatable bonds is 3. The van der Waals surface area contributed by atoms with Gasteiger partial charge < -0.3 is 4.74 Å². The van der Waals surface area contributed by atoms with Crippen LogP contribution in [0.15, 0.2) is 48.8 Å². The molecule has 4 rings (SSSR count). The van der Waals surface area contributed by atoms with Crippen LogP contribution in [0, 0.1) is 3.70 Å². The molecule has 0 N–H and O–H groups in total. The van der Waals surface area contributed by atoms with Crippen LogP contribution in [0.1, 0.15) is 5.56 Å². The zero-order chi connectivity index (χ0) is 15.6. The fourth-order valence-corrected chi connectivity index (χ4v) is 3.54. The van der Waals surface area contributed by atoms with Gasteiger partial charge >= 0.3 is 0 Å². The smallest absolute Gasteiger partial charge is 0.138 e. The highest BCUT2D eigenvalue weighted by Gasteiger charge is 2.11. The lowest BCUT2D eigenvalue weighted by molar-refractivity contribution is 0.0342. The molecule has 0 saturated carbocycles. The molecule has 1 saturated heterocycles. The predicted molar refractivity (Wildman–Crippen MR) is 99.4 cm³/mol. The number of halogens is 1. The molecule has 3 heterocycles. The van der Waals surface area contributed by atoms with Gasteiger partial charge in [0.1, 0.15) is 9.35 Å². The fourth-order valence-electron chi connectivity index (χ4n) is 3.00. The van der Waals surface area contributed by atoms with Crippen LogP contribution in [0.5, 0.6) is 0 Å². The third kappa shape index (κ3) is 3.27. The molecule has 1 fully saturated rings. The zero-order valence-corrected chi connectivity index (χ0v) is 14.9. The number of imidazole rings is 1. The maximum absolute atomic E-state index is 5.42. The molecule has 1 aromatic carbocycles. The van der Waals surface area contributed by atoms with Crippen molar-refractivity contribution in [3.8, 4) is 11.1 Å².